The molecule has 5 heteroatoms. The lowest BCUT2D eigenvalue weighted by Crippen LogP contribution is -2.38. The minimum Gasteiger partial charge on any atom is -0.298 e. The Kier molecular flexibility index (Phi) is 4.31. The number of ketones is 2. The number of carbonyl (C=O) groups excluding carboxylic acids is 2. The number of hydrogen-bond acceptors (Lipinski definition) is 3. The lowest BCUT2D eigenvalue weighted by atomic mass is 9.72. The molecule has 2 rings (SSSR count). The zero-order valence-electron chi connectivity index (χ0n) is 11.3. The zero-order chi connectivity index (χ0) is 14.9. The van der Waals surface area contributed by atoms with Crippen LogP contribution in [-0.4, -0.2) is 17.8 Å². The highest BCUT2D eigenvalue weighted by Crippen LogP contribution is 2.33. The van der Waals surface area contributed by atoms with Gasteiger partial charge < -0.3 is 0 Å². The Bertz CT molecular complexity index is 553. The van der Waals surface area contributed by atoms with Crippen molar-refractivity contribution < 1.29 is 9.59 Å². The van der Waals surface area contributed by atoms with Gasteiger partial charge in [-0.25, -0.2) is 0 Å². The maximum atomic E-state index is 12.0. The van der Waals surface area contributed by atoms with Crippen LogP contribution in [-0.2, 0) is 9.59 Å². The predicted octanol–water partition coefficient (Wildman–Crippen LogP) is 4.27. The minimum absolute atomic E-state index is 0.0804. The third-order valence-corrected chi connectivity index (χ3v) is 3.66. The van der Waals surface area contributed by atoms with Gasteiger partial charge in [0.25, 0.3) is 0 Å². The fraction of sp³-hybridized carbons (Fsp3) is 0.400. The monoisotopic (exact) mass is 311 g/mol. The highest BCUT2D eigenvalue weighted by atomic mass is 35.5. The van der Waals surface area contributed by atoms with Crippen molar-refractivity contribution in [3.05, 3.63) is 28.2 Å². The average molecular weight is 312 g/mol. The van der Waals surface area contributed by atoms with Crippen LogP contribution in [0.2, 0.25) is 10.0 Å². The molecule has 1 aromatic rings. The number of Topliss-reactive ketones (excluding diaryl/α,β-unsaturated/α-hetero) is 2. The lowest BCUT2D eigenvalue weighted by molar-refractivity contribution is -0.136. The number of hydrogen-bond donors (Lipinski definition) is 0. The molecule has 0 atom stereocenters. The number of aliphatic imine (C=N–C) groups is 1. The van der Waals surface area contributed by atoms with Gasteiger partial charge in [-0.2, -0.15) is 0 Å². The second-order valence-corrected chi connectivity index (χ2v) is 6.71. The lowest BCUT2D eigenvalue weighted by Gasteiger charge is -2.30. The van der Waals surface area contributed by atoms with Crippen molar-refractivity contribution in [2.45, 2.75) is 26.7 Å². The Balaban J connectivity index is 2.19. The first-order valence-electron chi connectivity index (χ1n) is 6.32. The summed E-state index contributed by atoms with van der Waals surface area (Å²) in [7, 11) is 0. The molecular weight excluding hydrogens is 297 g/mol. The molecule has 1 fully saturated rings. The fourth-order valence-corrected chi connectivity index (χ4v) is 2.86. The smallest absolute Gasteiger partial charge is 0.149 e. The van der Waals surface area contributed by atoms with Crippen LogP contribution in [0.3, 0.4) is 0 Å². The summed E-state index contributed by atoms with van der Waals surface area (Å²) in [4.78, 5) is 28.2. The van der Waals surface area contributed by atoms with Gasteiger partial charge in [0, 0.05) is 29.1 Å². The van der Waals surface area contributed by atoms with E-state index in [9.17, 15) is 9.59 Å². The second-order valence-electron chi connectivity index (χ2n) is 5.83. The molecule has 1 aromatic carbocycles. The van der Waals surface area contributed by atoms with Crippen molar-refractivity contribution in [2.75, 3.05) is 0 Å². The van der Waals surface area contributed by atoms with Crippen molar-refractivity contribution >= 4 is 46.7 Å². The molecule has 20 heavy (non-hydrogen) atoms. The summed E-state index contributed by atoms with van der Waals surface area (Å²) in [6.07, 6.45) is 2.19. The third-order valence-electron chi connectivity index (χ3n) is 3.22. The number of nitrogens with zero attached hydrogens (tertiary/aromatic N) is 1. The van der Waals surface area contributed by atoms with E-state index in [2.05, 4.69) is 4.99 Å². The van der Waals surface area contributed by atoms with E-state index in [1.807, 2.05) is 13.8 Å². The Morgan fingerprint density at radius 1 is 1.10 bits per heavy atom. The Morgan fingerprint density at radius 2 is 1.60 bits per heavy atom. The number of halogens is 2. The maximum absolute atomic E-state index is 12.0. The maximum Gasteiger partial charge on any atom is 0.149 e. The molecule has 0 aliphatic heterocycles. The number of rotatable bonds is 2. The standard InChI is InChI=1S/C15H15Cl2NO2/c1-15(2)6-13(19)12(14(20)7-15)8-18-11-4-9(16)3-10(17)5-11/h3-5,8,12H,6-7H2,1-2H3. The van der Waals surface area contributed by atoms with E-state index in [4.69, 9.17) is 23.2 Å². The van der Waals surface area contributed by atoms with Crippen molar-refractivity contribution in [1.82, 2.24) is 0 Å². The normalized spacial score (nSPS) is 19.8. The molecule has 0 heterocycles. The first-order chi connectivity index (χ1) is 9.27. The molecule has 0 unspecified atom stereocenters. The number of benzene rings is 1. The van der Waals surface area contributed by atoms with Gasteiger partial charge in [-0.15, -0.1) is 0 Å². The van der Waals surface area contributed by atoms with Crippen LogP contribution in [0, 0.1) is 11.3 Å². The second kappa shape index (κ2) is 5.66. The molecule has 0 radical (unpaired) electrons. The van der Waals surface area contributed by atoms with E-state index >= 15 is 0 Å². The van der Waals surface area contributed by atoms with Gasteiger partial charge in [0.15, 0.2) is 0 Å². The van der Waals surface area contributed by atoms with Crippen LogP contribution in [0.25, 0.3) is 0 Å². The molecule has 106 valence electrons. The molecule has 0 aromatic heterocycles. The van der Waals surface area contributed by atoms with E-state index < -0.39 is 5.92 Å². The molecule has 0 bridgehead atoms. The molecule has 1 aliphatic rings. The van der Waals surface area contributed by atoms with Crippen LogP contribution in [0.15, 0.2) is 23.2 Å². The van der Waals surface area contributed by atoms with E-state index in [1.54, 1.807) is 18.2 Å². The van der Waals surface area contributed by atoms with Gasteiger partial charge >= 0.3 is 0 Å². The van der Waals surface area contributed by atoms with Crippen LogP contribution in [0.1, 0.15) is 26.7 Å². The summed E-state index contributed by atoms with van der Waals surface area (Å²) >= 11 is 11.7. The SMILES string of the molecule is CC1(C)CC(=O)C(C=Nc2cc(Cl)cc(Cl)c2)C(=O)C1. The van der Waals surface area contributed by atoms with Gasteiger partial charge in [-0.3, -0.25) is 14.6 Å². The average Bonchev–Trinajstić information content (AvgIpc) is 2.24. The molecule has 0 saturated heterocycles. The summed E-state index contributed by atoms with van der Waals surface area (Å²) < 4.78 is 0. The summed E-state index contributed by atoms with van der Waals surface area (Å²) in [6, 6.07) is 4.86. The first kappa shape index (κ1) is 15.2. The molecule has 0 amide bonds. The van der Waals surface area contributed by atoms with Crippen molar-refractivity contribution in [3.8, 4) is 0 Å². The van der Waals surface area contributed by atoms with Crippen molar-refractivity contribution in [1.29, 1.82) is 0 Å². The molecule has 0 N–H and O–H groups in total. The van der Waals surface area contributed by atoms with Gasteiger partial charge in [0.2, 0.25) is 0 Å². The van der Waals surface area contributed by atoms with E-state index in [1.165, 1.54) is 6.21 Å². The van der Waals surface area contributed by atoms with Crippen LogP contribution in [0.5, 0.6) is 0 Å². The summed E-state index contributed by atoms with van der Waals surface area (Å²) in [5.74, 6) is -0.910. The fourth-order valence-electron chi connectivity index (χ4n) is 2.35. The van der Waals surface area contributed by atoms with Crippen LogP contribution >= 0.6 is 23.2 Å². The molecular formula is C15H15Cl2NO2. The van der Waals surface area contributed by atoms with Gasteiger partial charge in [0.05, 0.1) is 5.69 Å². The van der Waals surface area contributed by atoms with Crippen LogP contribution < -0.4 is 0 Å². The molecule has 1 aliphatic carbocycles. The van der Waals surface area contributed by atoms with Crippen molar-refractivity contribution in [3.63, 3.8) is 0 Å². The molecule has 0 spiro atoms. The van der Waals surface area contributed by atoms with Crippen LogP contribution in [0.4, 0.5) is 5.69 Å². The van der Waals surface area contributed by atoms with Gasteiger partial charge in [-0.1, -0.05) is 37.0 Å². The minimum atomic E-state index is -0.749. The Morgan fingerprint density at radius 3 is 2.10 bits per heavy atom. The largest absolute Gasteiger partial charge is 0.298 e. The van der Waals surface area contributed by atoms with E-state index in [0.29, 0.717) is 28.6 Å². The Hall–Kier alpha value is -1.19. The van der Waals surface area contributed by atoms with Gasteiger partial charge in [0.1, 0.15) is 17.5 Å². The summed E-state index contributed by atoms with van der Waals surface area (Å²) in [5.41, 5.74) is 0.283. The molecule has 3 nitrogen and oxygen atoms in total. The topological polar surface area (TPSA) is 46.5 Å². The van der Waals surface area contributed by atoms with E-state index in [0.717, 1.165) is 0 Å². The molecule has 1 saturated carbocycles. The summed E-state index contributed by atoms with van der Waals surface area (Å²) in [6.45, 7) is 3.85. The number of carbonyl (C=O) groups is 2. The van der Waals surface area contributed by atoms with Gasteiger partial charge in [-0.05, 0) is 23.6 Å². The Labute approximate surface area is 128 Å². The summed E-state index contributed by atoms with van der Waals surface area (Å²) in [5, 5.41) is 0.930. The predicted molar refractivity (Wildman–Crippen MR) is 81.1 cm³/mol. The van der Waals surface area contributed by atoms with E-state index in [-0.39, 0.29) is 17.0 Å². The quantitative estimate of drug-likeness (QED) is 0.605. The zero-order valence-corrected chi connectivity index (χ0v) is 12.8. The third kappa shape index (κ3) is 3.68. The first-order valence-corrected chi connectivity index (χ1v) is 7.08. The van der Waals surface area contributed by atoms with Crippen molar-refractivity contribution in [2.24, 2.45) is 16.3 Å². The highest BCUT2D eigenvalue weighted by Gasteiger charge is 2.38. The highest BCUT2D eigenvalue weighted by molar-refractivity contribution is 6.35.